The molecule has 0 amide bonds. The molecule has 128 valence electrons. The molecule has 0 aliphatic heterocycles. The highest BCUT2D eigenvalue weighted by molar-refractivity contribution is 5.19. The summed E-state index contributed by atoms with van der Waals surface area (Å²) < 4.78 is 11.5. The van der Waals surface area contributed by atoms with Crippen molar-refractivity contribution in [3.8, 4) is 0 Å². The first-order chi connectivity index (χ1) is 11.0. The maximum absolute atomic E-state index is 6.11. The first-order valence-corrected chi connectivity index (χ1v) is 8.80. The van der Waals surface area contributed by atoms with Gasteiger partial charge in [-0.1, -0.05) is 58.0 Å². The van der Waals surface area contributed by atoms with E-state index in [0.717, 1.165) is 6.61 Å². The van der Waals surface area contributed by atoms with Gasteiger partial charge in [0.1, 0.15) is 0 Å². The third-order valence-electron chi connectivity index (χ3n) is 5.31. The largest absolute Gasteiger partial charge is 0.504 e. The zero-order chi connectivity index (χ0) is 16.9. The molecule has 0 saturated heterocycles. The van der Waals surface area contributed by atoms with Crippen molar-refractivity contribution in [3.05, 3.63) is 47.7 Å². The zero-order valence-electron chi connectivity index (χ0n) is 15.3. The topological polar surface area (TPSA) is 18.5 Å². The van der Waals surface area contributed by atoms with Gasteiger partial charge in [0, 0.05) is 5.92 Å². The van der Waals surface area contributed by atoms with E-state index in [2.05, 4.69) is 52.0 Å². The average Bonchev–Trinajstić information content (AvgIpc) is 2.51. The summed E-state index contributed by atoms with van der Waals surface area (Å²) in [4.78, 5) is 0. The molecule has 0 aromatic heterocycles. The predicted octanol–water partition coefficient (Wildman–Crippen LogP) is 5.44. The Balaban J connectivity index is 2.09. The van der Waals surface area contributed by atoms with Crippen molar-refractivity contribution in [2.24, 2.45) is 23.2 Å². The highest BCUT2D eigenvalue weighted by Gasteiger charge is 2.40. The number of hydrogen-bond acceptors (Lipinski definition) is 2. The van der Waals surface area contributed by atoms with E-state index in [4.69, 9.17) is 9.47 Å². The molecule has 2 heteroatoms. The van der Waals surface area contributed by atoms with Crippen molar-refractivity contribution in [3.63, 3.8) is 0 Å². The van der Waals surface area contributed by atoms with E-state index in [0.29, 0.717) is 24.4 Å². The van der Waals surface area contributed by atoms with Crippen LogP contribution in [0.2, 0.25) is 0 Å². The molecule has 2 nitrogen and oxygen atoms in total. The van der Waals surface area contributed by atoms with Gasteiger partial charge in [-0.25, -0.2) is 0 Å². The summed E-state index contributed by atoms with van der Waals surface area (Å²) in [6, 6.07) is 10.4. The Bertz CT molecular complexity index is 502. The average molecular weight is 316 g/mol. The number of methoxy groups -OCH3 is 1. The van der Waals surface area contributed by atoms with Gasteiger partial charge >= 0.3 is 0 Å². The second-order valence-electron chi connectivity index (χ2n) is 7.75. The summed E-state index contributed by atoms with van der Waals surface area (Å²) >= 11 is 0. The Morgan fingerprint density at radius 3 is 2.52 bits per heavy atom. The second kappa shape index (κ2) is 8.01. The minimum Gasteiger partial charge on any atom is -0.504 e. The molecule has 0 spiro atoms. The lowest BCUT2D eigenvalue weighted by Gasteiger charge is -2.44. The normalized spacial score (nSPS) is 25.7. The highest BCUT2D eigenvalue weighted by Crippen LogP contribution is 2.48. The Morgan fingerprint density at radius 1 is 1.22 bits per heavy atom. The fourth-order valence-electron chi connectivity index (χ4n) is 3.87. The molecule has 0 heterocycles. The summed E-state index contributed by atoms with van der Waals surface area (Å²) in [5.74, 6) is 1.78. The quantitative estimate of drug-likeness (QED) is 0.650. The van der Waals surface area contributed by atoms with Crippen molar-refractivity contribution in [2.75, 3.05) is 13.7 Å². The van der Waals surface area contributed by atoms with Gasteiger partial charge in [0.05, 0.1) is 26.6 Å². The molecule has 1 aromatic carbocycles. The van der Waals surface area contributed by atoms with Crippen LogP contribution in [0.1, 0.15) is 46.1 Å². The molecule has 1 aliphatic rings. The maximum atomic E-state index is 6.11. The van der Waals surface area contributed by atoms with Crippen LogP contribution >= 0.6 is 0 Å². The van der Waals surface area contributed by atoms with Crippen LogP contribution in [0.15, 0.2) is 42.2 Å². The predicted molar refractivity (Wildman–Crippen MR) is 96.0 cm³/mol. The molecular formula is C21H32O2. The molecule has 1 aromatic rings. The molecule has 23 heavy (non-hydrogen) atoms. The molecule has 1 fully saturated rings. The second-order valence-corrected chi connectivity index (χ2v) is 7.75. The van der Waals surface area contributed by atoms with Crippen LogP contribution < -0.4 is 0 Å². The lowest BCUT2D eigenvalue weighted by molar-refractivity contribution is 0.0384. The molecule has 1 aliphatic carbocycles. The summed E-state index contributed by atoms with van der Waals surface area (Å²) in [6.45, 7) is 10.8. The Kier molecular flexibility index (Phi) is 6.29. The molecule has 2 rings (SSSR count). The standard InChI is InChI=1S/C21H32O2/c1-16(2)18-11-12-21(3,4)20(15-22-5)19(18)14-23-13-17-9-7-6-8-10-17/h6-10,15-16,18-19H,11-14H2,1-5H3/b20-15+/t18-,19-/m0/s1. The Morgan fingerprint density at radius 2 is 1.91 bits per heavy atom. The molecule has 0 N–H and O–H groups in total. The van der Waals surface area contributed by atoms with E-state index >= 15 is 0 Å². The summed E-state index contributed by atoms with van der Waals surface area (Å²) in [6.07, 6.45) is 4.47. The van der Waals surface area contributed by atoms with Gasteiger partial charge in [-0.2, -0.15) is 0 Å². The van der Waals surface area contributed by atoms with Crippen LogP contribution in [-0.2, 0) is 16.1 Å². The molecule has 0 unspecified atom stereocenters. The number of rotatable bonds is 6. The monoisotopic (exact) mass is 316 g/mol. The van der Waals surface area contributed by atoms with E-state index in [1.807, 2.05) is 12.3 Å². The fourth-order valence-corrected chi connectivity index (χ4v) is 3.87. The summed E-state index contributed by atoms with van der Waals surface area (Å²) in [5, 5.41) is 0. The highest BCUT2D eigenvalue weighted by atomic mass is 16.5. The number of benzene rings is 1. The van der Waals surface area contributed by atoms with Gasteiger partial charge in [-0.15, -0.1) is 0 Å². The molecular weight excluding hydrogens is 284 g/mol. The van der Waals surface area contributed by atoms with Gasteiger partial charge in [0.25, 0.3) is 0 Å². The third-order valence-corrected chi connectivity index (χ3v) is 5.31. The van der Waals surface area contributed by atoms with Gasteiger partial charge in [0.2, 0.25) is 0 Å². The van der Waals surface area contributed by atoms with Crippen LogP contribution in [0.25, 0.3) is 0 Å². The van der Waals surface area contributed by atoms with E-state index in [-0.39, 0.29) is 5.41 Å². The van der Waals surface area contributed by atoms with Crippen LogP contribution in [0.4, 0.5) is 0 Å². The zero-order valence-corrected chi connectivity index (χ0v) is 15.3. The van der Waals surface area contributed by atoms with E-state index in [9.17, 15) is 0 Å². The van der Waals surface area contributed by atoms with Crippen LogP contribution in [-0.4, -0.2) is 13.7 Å². The first kappa shape index (κ1) is 18.1. The van der Waals surface area contributed by atoms with Gasteiger partial charge < -0.3 is 9.47 Å². The Labute approximate surface area is 141 Å². The lowest BCUT2D eigenvalue weighted by Crippen LogP contribution is -2.38. The van der Waals surface area contributed by atoms with Crippen molar-refractivity contribution < 1.29 is 9.47 Å². The van der Waals surface area contributed by atoms with Crippen LogP contribution in [0.5, 0.6) is 0 Å². The summed E-state index contributed by atoms with van der Waals surface area (Å²) in [7, 11) is 1.75. The van der Waals surface area contributed by atoms with E-state index < -0.39 is 0 Å². The number of ether oxygens (including phenoxy) is 2. The van der Waals surface area contributed by atoms with Gasteiger partial charge in [0.15, 0.2) is 0 Å². The minimum absolute atomic E-state index is 0.197. The lowest BCUT2D eigenvalue weighted by atomic mass is 9.61. The SMILES string of the molecule is CO/C=C1\[C@@H](COCc2ccccc2)[C@H](C(C)C)CCC1(C)C. The third kappa shape index (κ3) is 4.60. The van der Waals surface area contributed by atoms with Gasteiger partial charge in [-0.05, 0) is 41.2 Å². The molecule has 1 saturated carbocycles. The smallest absolute Gasteiger partial charge is 0.0825 e. The molecule has 0 radical (unpaired) electrons. The maximum Gasteiger partial charge on any atom is 0.0825 e. The first-order valence-electron chi connectivity index (χ1n) is 8.80. The van der Waals surface area contributed by atoms with Crippen molar-refractivity contribution in [1.29, 1.82) is 0 Å². The Hall–Kier alpha value is -1.28. The van der Waals surface area contributed by atoms with Crippen molar-refractivity contribution in [1.82, 2.24) is 0 Å². The van der Waals surface area contributed by atoms with Gasteiger partial charge in [-0.3, -0.25) is 0 Å². The van der Waals surface area contributed by atoms with E-state index in [1.165, 1.54) is 24.0 Å². The molecule has 0 bridgehead atoms. The summed E-state index contributed by atoms with van der Waals surface area (Å²) in [5.41, 5.74) is 2.85. The fraction of sp³-hybridized carbons (Fsp3) is 0.619. The van der Waals surface area contributed by atoms with Crippen molar-refractivity contribution in [2.45, 2.75) is 47.1 Å². The minimum atomic E-state index is 0.197. The van der Waals surface area contributed by atoms with E-state index in [1.54, 1.807) is 7.11 Å². The molecule has 2 atom stereocenters. The van der Waals surface area contributed by atoms with Crippen LogP contribution in [0.3, 0.4) is 0 Å². The van der Waals surface area contributed by atoms with Crippen molar-refractivity contribution >= 4 is 0 Å². The number of hydrogen-bond donors (Lipinski definition) is 0. The van der Waals surface area contributed by atoms with Crippen LogP contribution in [0, 0.1) is 23.2 Å².